The molecule has 1 atom stereocenters. The molecule has 142 valence electrons. The van der Waals surface area contributed by atoms with Gasteiger partial charge >= 0.3 is 0 Å². The molecule has 2 aromatic heterocycles. The lowest BCUT2D eigenvalue weighted by molar-refractivity contribution is 0.218. The van der Waals surface area contributed by atoms with Crippen molar-refractivity contribution in [3.63, 3.8) is 0 Å². The van der Waals surface area contributed by atoms with Crippen molar-refractivity contribution in [3.05, 3.63) is 40.5 Å². The number of thiophene rings is 1. The molecule has 0 fully saturated rings. The summed E-state index contributed by atoms with van der Waals surface area (Å²) in [5.74, 6) is 2.43. The zero-order valence-corrected chi connectivity index (χ0v) is 17.5. The van der Waals surface area contributed by atoms with Crippen molar-refractivity contribution >= 4 is 33.1 Å². The van der Waals surface area contributed by atoms with E-state index in [2.05, 4.69) is 55.1 Å². The number of anilines is 2. The predicted molar refractivity (Wildman–Crippen MR) is 113 cm³/mol. The molecule has 1 aromatic carbocycles. The summed E-state index contributed by atoms with van der Waals surface area (Å²) in [5.41, 5.74) is 3.91. The Morgan fingerprint density at radius 3 is 2.78 bits per heavy atom. The molecule has 4 nitrogen and oxygen atoms in total. The van der Waals surface area contributed by atoms with Gasteiger partial charge in [-0.15, -0.1) is 11.3 Å². The number of hydrogen-bond donors (Lipinski definition) is 1. The van der Waals surface area contributed by atoms with Crippen molar-refractivity contribution in [2.45, 2.75) is 47.0 Å². The van der Waals surface area contributed by atoms with Gasteiger partial charge in [-0.2, -0.15) is 0 Å². The summed E-state index contributed by atoms with van der Waals surface area (Å²) < 4.78 is 5.53. The standard InChI is InChI=1S/C22H27N3OS/c1-13-6-9-17(26-5)16(10-13)25-20-19-15-8-7-14(22(2,3)4)11-18(15)27-21(19)24-12-23-20/h6,9-10,12,14H,7-8,11H2,1-5H3,(H,23,24,25). The minimum Gasteiger partial charge on any atom is -0.495 e. The van der Waals surface area contributed by atoms with Crippen LogP contribution in [0.15, 0.2) is 24.5 Å². The van der Waals surface area contributed by atoms with Crippen molar-refractivity contribution < 1.29 is 4.74 Å². The number of aryl methyl sites for hydroxylation is 2. The van der Waals surface area contributed by atoms with Crippen LogP contribution in [0.5, 0.6) is 5.75 Å². The Bertz CT molecular complexity index is 987. The molecule has 1 N–H and O–H groups in total. The van der Waals surface area contributed by atoms with Gasteiger partial charge in [0.15, 0.2) is 0 Å². The summed E-state index contributed by atoms with van der Waals surface area (Å²) in [4.78, 5) is 11.7. The van der Waals surface area contributed by atoms with E-state index in [9.17, 15) is 0 Å². The van der Waals surface area contributed by atoms with Crippen molar-refractivity contribution in [1.29, 1.82) is 0 Å². The first-order valence-electron chi connectivity index (χ1n) is 9.53. The average molecular weight is 382 g/mol. The minimum absolute atomic E-state index is 0.343. The maximum absolute atomic E-state index is 5.53. The number of nitrogens with zero attached hydrogens (tertiary/aromatic N) is 2. The minimum atomic E-state index is 0.343. The molecule has 0 amide bonds. The molecule has 0 saturated heterocycles. The number of ether oxygens (including phenoxy) is 1. The third kappa shape index (κ3) is 3.41. The number of methoxy groups -OCH3 is 1. The summed E-state index contributed by atoms with van der Waals surface area (Å²) in [6, 6.07) is 6.15. The average Bonchev–Trinajstić information content (AvgIpc) is 3.00. The van der Waals surface area contributed by atoms with Crippen LogP contribution >= 0.6 is 11.3 Å². The van der Waals surface area contributed by atoms with E-state index < -0.39 is 0 Å². The maximum Gasteiger partial charge on any atom is 0.142 e. The largest absolute Gasteiger partial charge is 0.495 e. The molecule has 2 heterocycles. The van der Waals surface area contributed by atoms with Gasteiger partial charge in [0.2, 0.25) is 0 Å². The lowest BCUT2D eigenvalue weighted by Gasteiger charge is -2.33. The number of benzene rings is 1. The van der Waals surface area contributed by atoms with Gasteiger partial charge < -0.3 is 10.1 Å². The SMILES string of the molecule is COc1ccc(C)cc1Nc1ncnc2sc3c(c12)CCC(C(C)(C)C)C3. The molecule has 1 aliphatic carbocycles. The van der Waals surface area contributed by atoms with Gasteiger partial charge in [-0.3, -0.25) is 0 Å². The molecule has 3 aromatic rings. The van der Waals surface area contributed by atoms with Crippen LogP contribution in [0, 0.1) is 18.3 Å². The van der Waals surface area contributed by atoms with Gasteiger partial charge in [-0.1, -0.05) is 26.8 Å². The van der Waals surface area contributed by atoms with E-state index in [1.54, 1.807) is 13.4 Å². The van der Waals surface area contributed by atoms with Gasteiger partial charge in [-0.05, 0) is 60.8 Å². The third-order valence-corrected chi connectivity index (χ3v) is 6.84. The molecule has 0 saturated carbocycles. The fraction of sp³-hybridized carbons (Fsp3) is 0.455. The Morgan fingerprint density at radius 1 is 1.22 bits per heavy atom. The van der Waals surface area contributed by atoms with E-state index in [0.29, 0.717) is 5.41 Å². The molecular formula is C22H27N3OS. The second kappa shape index (κ2) is 6.79. The van der Waals surface area contributed by atoms with Crippen molar-refractivity contribution in [2.24, 2.45) is 11.3 Å². The van der Waals surface area contributed by atoms with Crippen molar-refractivity contribution in [3.8, 4) is 5.75 Å². The summed E-state index contributed by atoms with van der Waals surface area (Å²) in [6.07, 6.45) is 5.14. The molecule has 4 rings (SSSR count). The van der Waals surface area contributed by atoms with Gasteiger partial charge in [0, 0.05) is 4.88 Å². The molecule has 0 spiro atoms. The van der Waals surface area contributed by atoms with Crippen LogP contribution in [-0.2, 0) is 12.8 Å². The maximum atomic E-state index is 5.53. The molecule has 0 radical (unpaired) electrons. The van der Waals surface area contributed by atoms with Crippen LogP contribution in [-0.4, -0.2) is 17.1 Å². The van der Waals surface area contributed by atoms with Gasteiger partial charge in [0.25, 0.3) is 0 Å². The highest BCUT2D eigenvalue weighted by Crippen LogP contribution is 2.44. The van der Waals surface area contributed by atoms with E-state index in [4.69, 9.17) is 4.74 Å². The number of fused-ring (bicyclic) bond motifs is 3. The van der Waals surface area contributed by atoms with Crippen LogP contribution in [0.3, 0.4) is 0 Å². The Labute approximate surface area is 165 Å². The number of nitrogens with one attached hydrogen (secondary N) is 1. The van der Waals surface area contributed by atoms with Crippen LogP contribution in [0.1, 0.15) is 43.2 Å². The number of hydrogen-bond acceptors (Lipinski definition) is 5. The van der Waals surface area contributed by atoms with E-state index >= 15 is 0 Å². The van der Waals surface area contributed by atoms with E-state index in [-0.39, 0.29) is 0 Å². The highest BCUT2D eigenvalue weighted by molar-refractivity contribution is 7.19. The fourth-order valence-corrected chi connectivity index (χ4v) is 5.26. The Kier molecular flexibility index (Phi) is 4.58. The molecule has 27 heavy (non-hydrogen) atoms. The monoisotopic (exact) mass is 381 g/mol. The van der Waals surface area contributed by atoms with Crippen LogP contribution in [0.25, 0.3) is 10.2 Å². The van der Waals surface area contributed by atoms with E-state index in [0.717, 1.165) is 40.8 Å². The lowest BCUT2D eigenvalue weighted by Crippen LogP contribution is -2.26. The van der Waals surface area contributed by atoms with Crippen LogP contribution < -0.4 is 10.1 Å². The van der Waals surface area contributed by atoms with E-state index in [1.807, 2.05) is 17.4 Å². The summed E-state index contributed by atoms with van der Waals surface area (Å²) >= 11 is 1.84. The summed E-state index contributed by atoms with van der Waals surface area (Å²) in [6.45, 7) is 9.14. The fourth-order valence-electron chi connectivity index (χ4n) is 3.99. The molecule has 0 aliphatic heterocycles. The van der Waals surface area contributed by atoms with Crippen LogP contribution in [0.2, 0.25) is 0 Å². The number of rotatable bonds is 3. The first-order chi connectivity index (χ1) is 12.9. The second-order valence-corrected chi connectivity index (χ2v) is 9.62. The topological polar surface area (TPSA) is 47.0 Å². The Balaban J connectivity index is 1.76. The Morgan fingerprint density at radius 2 is 2.04 bits per heavy atom. The lowest BCUT2D eigenvalue weighted by atomic mass is 9.72. The molecule has 5 heteroatoms. The smallest absolute Gasteiger partial charge is 0.142 e. The van der Waals surface area contributed by atoms with Gasteiger partial charge in [0.05, 0.1) is 18.2 Å². The number of aromatic nitrogens is 2. The van der Waals surface area contributed by atoms with E-state index in [1.165, 1.54) is 27.8 Å². The third-order valence-electron chi connectivity index (χ3n) is 5.68. The first kappa shape index (κ1) is 18.2. The molecule has 1 unspecified atom stereocenters. The van der Waals surface area contributed by atoms with Gasteiger partial charge in [-0.25, -0.2) is 9.97 Å². The summed E-state index contributed by atoms with van der Waals surface area (Å²) in [5, 5.41) is 4.70. The van der Waals surface area contributed by atoms with Crippen molar-refractivity contribution in [2.75, 3.05) is 12.4 Å². The highest BCUT2D eigenvalue weighted by atomic mass is 32.1. The van der Waals surface area contributed by atoms with Gasteiger partial charge in [0.1, 0.15) is 22.7 Å². The zero-order chi connectivity index (χ0) is 19.2. The normalized spacial score (nSPS) is 17.0. The Hall–Kier alpha value is -2.14. The molecular weight excluding hydrogens is 354 g/mol. The predicted octanol–water partition coefficient (Wildman–Crippen LogP) is 5.90. The quantitative estimate of drug-likeness (QED) is 0.613. The molecule has 1 aliphatic rings. The van der Waals surface area contributed by atoms with Crippen molar-refractivity contribution in [1.82, 2.24) is 9.97 Å². The van der Waals surface area contributed by atoms with Crippen LogP contribution in [0.4, 0.5) is 11.5 Å². The first-order valence-corrected chi connectivity index (χ1v) is 10.4. The highest BCUT2D eigenvalue weighted by Gasteiger charge is 2.31. The molecule has 0 bridgehead atoms. The zero-order valence-electron chi connectivity index (χ0n) is 16.7. The second-order valence-electron chi connectivity index (χ2n) is 8.54. The summed E-state index contributed by atoms with van der Waals surface area (Å²) in [7, 11) is 1.70.